The molecule has 0 spiro atoms. The Labute approximate surface area is 121 Å². The van der Waals surface area contributed by atoms with E-state index in [-0.39, 0.29) is 5.41 Å². The third-order valence-corrected chi connectivity index (χ3v) is 4.52. The summed E-state index contributed by atoms with van der Waals surface area (Å²) in [6.45, 7) is 10.9. The zero-order valence-electron chi connectivity index (χ0n) is 11.7. The van der Waals surface area contributed by atoms with E-state index in [0.29, 0.717) is 5.92 Å². The predicted octanol–water partition coefficient (Wildman–Crippen LogP) is 4.81. The molecule has 0 aliphatic carbocycles. The van der Waals surface area contributed by atoms with Crippen LogP contribution in [0.5, 0.6) is 0 Å². The molecular weight excluding hydrogens is 265 g/mol. The minimum Gasteiger partial charge on any atom is -0.316 e. The van der Waals surface area contributed by atoms with Crippen LogP contribution in [0.4, 0.5) is 0 Å². The fourth-order valence-electron chi connectivity index (χ4n) is 1.99. The first kappa shape index (κ1) is 15.8. The van der Waals surface area contributed by atoms with Gasteiger partial charge in [0.1, 0.15) is 0 Å². The lowest BCUT2D eigenvalue weighted by molar-refractivity contribution is 0.209. The van der Waals surface area contributed by atoms with Gasteiger partial charge >= 0.3 is 0 Å². The summed E-state index contributed by atoms with van der Waals surface area (Å²) in [4.78, 5) is 0. The average molecular weight is 288 g/mol. The summed E-state index contributed by atoms with van der Waals surface area (Å²) in [6.07, 6.45) is 0.899. The average Bonchev–Trinajstić information content (AvgIpc) is 2.31. The molecule has 3 heteroatoms. The fourth-order valence-corrected chi connectivity index (χ4v) is 2.52. The first-order valence-corrected chi connectivity index (χ1v) is 7.30. The number of hydrogen-bond acceptors (Lipinski definition) is 1. The van der Waals surface area contributed by atoms with Crippen molar-refractivity contribution in [2.24, 2.45) is 11.3 Å². The quantitative estimate of drug-likeness (QED) is 0.792. The second kappa shape index (κ2) is 6.79. The monoisotopic (exact) mass is 287 g/mol. The van der Waals surface area contributed by atoms with E-state index in [9.17, 15) is 0 Å². The highest BCUT2D eigenvalue weighted by atomic mass is 35.5. The van der Waals surface area contributed by atoms with Crippen LogP contribution in [0.1, 0.15) is 33.3 Å². The lowest BCUT2D eigenvalue weighted by Crippen LogP contribution is -2.38. The summed E-state index contributed by atoms with van der Waals surface area (Å²) in [7, 11) is 0. The second-order valence-corrected chi connectivity index (χ2v) is 6.28. The molecule has 0 amide bonds. The number of halogens is 2. The van der Waals surface area contributed by atoms with Crippen LogP contribution >= 0.6 is 23.2 Å². The number of hydrogen-bond donors (Lipinski definition) is 1. The zero-order chi connectivity index (χ0) is 13.8. The molecule has 1 N–H and O–H groups in total. The van der Waals surface area contributed by atoms with E-state index in [1.165, 1.54) is 0 Å². The molecule has 1 unspecified atom stereocenters. The number of benzene rings is 1. The van der Waals surface area contributed by atoms with Crippen LogP contribution in [0.25, 0.3) is 0 Å². The molecule has 1 aromatic carbocycles. The summed E-state index contributed by atoms with van der Waals surface area (Å²) >= 11 is 12.5. The van der Waals surface area contributed by atoms with Gasteiger partial charge in [-0.2, -0.15) is 0 Å². The van der Waals surface area contributed by atoms with Gasteiger partial charge < -0.3 is 5.32 Å². The molecule has 0 fully saturated rings. The molecule has 0 heterocycles. The van der Waals surface area contributed by atoms with Gasteiger partial charge in [-0.1, -0.05) is 57.0 Å². The highest BCUT2D eigenvalue weighted by Gasteiger charge is 2.29. The summed E-state index contributed by atoms with van der Waals surface area (Å²) in [6, 6.07) is 5.72. The van der Waals surface area contributed by atoms with Crippen molar-refractivity contribution >= 4 is 23.2 Å². The molecule has 1 nitrogen and oxygen atoms in total. The van der Waals surface area contributed by atoms with Gasteiger partial charge in [-0.15, -0.1) is 0 Å². The van der Waals surface area contributed by atoms with Crippen molar-refractivity contribution in [3.8, 4) is 0 Å². The Morgan fingerprint density at radius 2 is 1.78 bits per heavy atom. The van der Waals surface area contributed by atoms with Gasteiger partial charge in [0.15, 0.2) is 0 Å². The SMILES string of the molecule is CCNCC(C)(Cc1c(Cl)cccc1Cl)C(C)C. The molecule has 0 aliphatic heterocycles. The molecule has 1 aromatic rings. The van der Waals surface area contributed by atoms with Gasteiger partial charge in [0.25, 0.3) is 0 Å². The van der Waals surface area contributed by atoms with Crippen molar-refractivity contribution in [3.05, 3.63) is 33.8 Å². The molecule has 18 heavy (non-hydrogen) atoms. The van der Waals surface area contributed by atoms with E-state index < -0.39 is 0 Å². The third kappa shape index (κ3) is 3.88. The first-order chi connectivity index (χ1) is 8.40. The maximum atomic E-state index is 6.27. The highest BCUT2D eigenvalue weighted by Crippen LogP contribution is 2.36. The molecule has 0 bridgehead atoms. The van der Waals surface area contributed by atoms with Gasteiger partial charge in [-0.05, 0) is 42.0 Å². The summed E-state index contributed by atoms with van der Waals surface area (Å²) in [5, 5.41) is 4.98. The van der Waals surface area contributed by atoms with Crippen LogP contribution in [0, 0.1) is 11.3 Å². The van der Waals surface area contributed by atoms with E-state index in [0.717, 1.165) is 35.1 Å². The summed E-state index contributed by atoms with van der Waals surface area (Å²) in [5.41, 5.74) is 1.22. The van der Waals surface area contributed by atoms with Crippen LogP contribution in [-0.4, -0.2) is 13.1 Å². The maximum Gasteiger partial charge on any atom is 0.0453 e. The minimum atomic E-state index is 0.157. The Balaban J connectivity index is 2.96. The standard InChI is InChI=1S/C15H23Cl2N/c1-5-18-10-15(4,11(2)3)9-12-13(16)7-6-8-14(12)17/h6-8,11,18H,5,9-10H2,1-4H3. The molecule has 0 saturated heterocycles. The lowest BCUT2D eigenvalue weighted by Gasteiger charge is -2.35. The molecule has 0 aliphatic rings. The molecule has 1 rings (SSSR count). The smallest absolute Gasteiger partial charge is 0.0453 e. The van der Waals surface area contributed by atoms with Crippen molar-refractivity contribution in [2.45, 2.75) is 34.1 Å². The van der Waals surface area contributed by atoms with E-state index in [4.69, 9.17) is 23.2 Å². The van der Waals surface area contributed by atoms with Crippen molar-refractivity contribution in [2.75, 3.05) is 13.1 Å². The second-order valence-electron chi connectivity index (χ2n) is 5.47. The molecule has 0 radical (unpaired) electrons. The largest absolute Gasteiger partial charge is 0.316 e. The predicted molar refractivity (Wildman–Crippen MR) is 81.7 cm³/mol. The first-order valence-electron chi connectivity index (χ1n) is 6.54. The van der Waals surface area contributed by atoms with Gasteiger partial charge in [-0.25, -0.2) is 0 Å². The normalized spacial score (nSPS) is 14.8. The van der Waals surface area contributed by atoms with Crippen LogP contribution in [0.2, 0.25) is 10.0 Å². The van der Waals surface area contributed by atoms with E-state index >= 15 is 0 Å². The Morgan fingerprint density at radius 1 is 1.22 bits per heavy atom. The Kier molecular flexibility index (Phi) is 5.97. The molecule has 1 atom stereocenters. The van der Waals surface area contributed by atoms with Crippen molar-refractivity contribution in [1.29, 1.82) is 0 Å². The van der Waals surface area contributed by atoms with Gasteiger partial charge in [-0.3, -0.25) is 0 Å². The topological polar surface area (TPSA) is 12.0 Å². The van der Waals surface area contributed by atoms with Crippen molar-refractivity contribution in [1.82, 2.24) is 5.32 Å². The van der Waals surface area contributed by atoms with Gasteiger partial charge in [0.2, 0.25) is 0 Å². The third-order valence-electron chi connectivity index (χ3n) is 3.81. The molecule has 0 saturated carbocycles. The molecule has 102 valence electrons. The maximum absolute atomic E-state index is 6.27. The van der Waals surface area contributed by atoms with E-state index in [1.807, 2.05) is 18.2 Å². The summed E-state index contributed by atoms with van der Waals surface area (Å²) in [5.74, 6) is 0.559. The Morgan fingerprint density at radius 3 is 2.22 bits per heavy atom. The van der Waals surface area contributed by atoms with E-state index in [2.05, 4.69) is 33.0 Å². The van der Waals surface area contributed by atoms with Crippen LogP contribution in [0.15, 0.2) is 18.2 Å². The van der Waals surface area contributed by atoms with Gasteiger partial charge in [0.05, 0.1) is 0 Å². The van der Waals surface area contributed by atoms with Crippen LogP contribution < -0.4 is 5.32 Å². The zero-order valence-corrected chi connectivity index (χ0v) is 13.2. The molecular formula is C15H23Cl2N. The number of nitrogens with one attached hydrogen (secondary N) is 1. The minimum absolute atomic E-state index is 0.157. The lowest BCUT2D eigenvalue weighted by atomic mass is 9.74. The number of rotatable bonds is 6. The Bertz CT molecular complexity index is 370. The van der Waals surface area contributed by atoms with Gasteiger partial charge in [0, 0.05) is 16.6 Å². The van der Waals surface area contributed by atoms with Crippen molar-refractivity contribution < 1.29 is 0 Å². The van der Waals surface area contributed by atoms with Crippen molar-refractivity contribution in [3.63, 3.8) is 0 Å². The molecule has 0 aromatic heterocycles. The van der Waals surface area contributed by atoms with E-state index in [1.54, 1.807) is 0 Å². The Hall–Kier alpha value is -0.240. The summed E-state index contributed by atoms with van der Waals surface area (Å²) < 4.78 is 0. The van der Waals surface area contributed by atoms with Crippen LogP contribution in [0.3, 0.4) is 0 Å². The highest BCUT2D eigenvalue weighted by molar-refractivity contribution is 6.36. The fraction of sp³-hybridized carbons (Fsp3) is 0.600. The van der Waals surface area contributed by atoms with Crippen LogP contribution in [-0.2, 0) is 6.42 Å².